The summed E-state index contributed by atoms with van der Waals surface area (Å²) < 4.78 is 18.7. The first-order valence-corrected chi connectivity index (χ1v) is 8.84. The highest BCUT2D eigenvalue weighted by Crippen LogP contribution is 2.21. The number of hydrogen-bond donors (Lipinski definition) is 2. The normalized spacial score (nSPS) is 11.5. The Kier molecular flexibility index (Phi) is 6.16. The third-order valence-electron chi connectivity index (χ3n) is 4.19. The topological polar surface area (TPSA) is 76.1 Å². The molecule has 1 atom stereocenters. The van der Waals surface area contributed by atoms with Crippen LogP contribution in [0.25, 0.3) is 0 Å². The average molecular weight is 380 g/mol. The SMILES string of the molecule is CNC(=O)c1ccc(NC(C)c2ccc(OCc3ccc(F)cc3)cc2)nn1. The van der Waals surface area contributed by atoms with Gasteiger partial charge in [0.2, 0.25) is 0 Å². The average Bonchev–Trinajstić information content (AvgIpc) is 2.73. The summed E-state index contributed by atoms with van der Waals surface area (Å²) in [6.45, 7) is 2.38. The maximum atomic E-state index is 12.9. The zero-order valence-electron chi connectivity index (χ0n) is 15.6. The van der Waals surface area contributed by atoms with Crippen molar-refractivity contribution in [1.29, 1.82) is 0 Å². The van der Waals surface area contributed by atoms with Crippen LogP contribution in [0, 0.1) is 5.82 Å². The van der Waals surface area contributed by atoms with E-state index in [2.05, 4.69) is 20.8 Å². The monoisotopic (exact) mass is 380 g/mol. The van der Waals surface area contributed by atoms with E-state index in [-0.39, 0.29) is 23.5 Å². The van der Waals surface area contributed by atoms with Gasteiger partial charge in [0.15, 0.2) is 5.69 Å². The second-order valence-corrected chi connectivity index (χ2v) is 6.23. The molecule has 0 saturated heterocycles. The van der Waals surface area contributed by atoms with E-state index in [4.69, 9.17) is 4.74 Å². The van der Waals surface area contributed by atoms with Gasteiger partial charge in [-0.2, -0.15) is 0 Å². The van der Waals surface area contributed by atoms with Gasteiger partial charge in [-0.3, -0.25) is 4.79 Å². The molecule has 3 rings (SSSR count). The Morgan fingerprint density at radius 3 is 2.36 bits per heavy atom. The van der Waals surface area contributed by atoms with Crippen molar-refractivity contribution in [3.63, 3.8) is 0 Å². The van der Waals surface area contributed by atoms with Gasteiger partial charge in [0.05, 0.1) is 6.04 Å². The largest absolute Gasteiger partial charge is 0.489 e. The van der Waals surface area contributed by atoms with Crippen molar-refractivity contribution in [1.82, 2.24) is 15.5 Å². The Morgan fingerprint density at radius 2 is 1.75 bits per heavy atom. The summed E-state index contributed by atoms with van der Waals surface area (Å²) in [6, 6.07) is 17.3. The number of nitrogens with one attached hydrogen (secondary N) is 2. The molecule has 28 heavy (non-hydrogen) atoms. The van der Waals surface area contributed by atoms with E-state index in [9.17, 15) is 9.18 Å². The third kappa shape index (κ3) is 5.03. The fourth-order valence-electron chi connectivity index (χ4n) is 2.56. The number of anilines is 1. The molecule has 1 heterocycles. The van der Waals surface area contributed by atoms with Gasteiger partial charge < -0.3 is 15.4 Å². The molecule has 0 bridgehead atoms. The highest BCUT2D eigenvalue weighted by Gasteiger charge is 2.09. The van der Waals surface area contributed by atoms with Crippen LogP contribution < -0.4 is 15.4 Å². The molecule has 144 valence electrons. The van der Waals surface area contributed by atoms with Crippen LogP contribution in [-0.2, 0) is 6.61 Å². The molecule has 6 nitrogen and oxygen atoms in total. The second kappa shape index (κ2) is 8.94. The molecule has 1 amide bonds. The Hall–Kier alpha value is -3.48. The Balaban J connectivity index is 1.56. The van der Waals surface area contributed by atoms with Gasteiger partial charge in [-0.15, -0.1) is 10.2 Å². The standard InChI is InChI=1S/C21H21FN4O2/c1-14(24-20-12-11-19(25-26-20)21(27)23-2)16-5-9-18(10-6-16)28-13-15-3-7-17(22)8-4-15/h3-12,14H,13H2,1-2H3,(H,23,27)(H,24,26). The maximum absolute atomic E-state index is 12.9. The smallest absolute Gasteiger partial charge is 0.271 e. The van der Waals surface area contributed by atoms with Crippen LogP contribution in [0.4, 0.5) is 10.2 Å². The van der Waals surface area contributed by atoms with Crippen molar-refractivity contribution >= 4 is 11.7 Å². The van der Waals surface area contributed by atoms with E-state index < -0.39 is 0 Å². The van der Waals surface area contributed by atoms with Crippen LogP contribution in [0.1, 0.15) is 34.6 Å². The van der Waals surface area contributed by atoms with Crippen LogP contribution >= 0.6 is 0 Å². The van der Waals surface area contributed by atoms with E-state index in [0.717, 1.165) is 16.9 Å². The summed E-state index contributed by atoms with van der Waals surface area (Å²) in [6.07, 6.45) is 0. The molecule has 7 heteroatoms. The van der Waals surface area contributed by atoms with Crippen LogP contribution in [0.3, 0.4) is 0 Å². The summed E-state index contributed by atoms with van der Waals surface area (Å²) in [5, 5.41) is 13.7. The number of carbonyl (C=O) groups is 1. The maximum Gasteiger partial charge on any atom is 0.271 e. The van der Waals surface area contributed by atoms with Gasteiger partial charge in [0.1, 0.15) is 24.0 Å². The Morgan fingerprint density at radius 1 is 1.04 bits per heavy atom. The predicted octanol–water partition coefficient (Wildman–Crippen LogP) is 3.73. The number of hydrogen-bond acceptors (Lipinski definition) is 5. The predicted molar refractivity (Wildman–Crippen MR) is 105 cm³/mol. The number of benzene rings is 2. The van der Waals surface area contributed by atoms with Crippen LogP contribution in [0.2, 0.25) is 0 Å². The molecular formula is C21H21FN4O2. The summed E-state index contributed by atoms with van der Waals surface area (Å²) in [5.41, 5.74) is 2.22. The molecule has 0 aliphatic heterocycles. The molecule has 2 aromatic carbocycles. The molecule has 0 aliphatic carbocycles. The number of nitrogens with zero attached hydrogens (tertiary/aromatic N) is 2. The van der Waals surface area contributed by atoms with Gasteiger partial charge in [0, 0.05) is 7.05 Å². The van der Waals surface area contributed by atoms with E-state index in [0.29, 0.717) is 12.4 Å². The molecular weight excluding hydrogens is 359 g/mol. The number of rotatable bonds is 7. The molecule has 3 aromatic rings. The quantitative estimate of drug-likeness (QED) is 0.653. The number of halogens is 1. The van der Waals surface area contributed by atoms with E-state index >= 15 is 0 Å². The zero-order chi connectivity index (χ0) is 19.9. The molecule has 0 radical (unpaired) electrons. The fourth-order valence-corrected chi connectivity index (χ4v) is 2.56. The van der Waals surface area contributed by atoms with Gasteiger partial charge in [-0.1, -0.05) is 24.3 Å². The van der Waals surface area contributed by atoms with Crippen LogP contribution in [0.5, 0.6) is 5.75 Å². The summed E-state index contributed by atoms with van der Waals surface area (Å²) >= 11 is 0. The zero-order valence-corrected chi connectivity index (χ0v) is 15.6. The lowest BCUT2D eigenvalue weighted by Gasteiger charge is -2.15. The van der Waals surface area contributed by atoms with Crippen molar-refractivity contribution in [3.8, 4) is 5.75 Å². The van der Waals surface area contributed by atoms with Crippen LogP contribution in [0.15, 0.2) is 60.7 Å². The van der Waals surface area contributed by atoms with Gasteiger partial charge in [-0.25, -0.2) is 4.39 Å². The first-order valence-electron chi connectivity index (χ1n) is 8.84. The van der Waals surface area contributed by atoms with E-state index in [1.165, 1.54) is 12.1 Å². The first-order chi connectivity index (χ1) is 13.5. The molecule has 2 N–H and O–H groups in total. The molecule has 1 aromatic heterocycles. The molecule has 0 aliphatic rings. The lowest BCUT2D eigenvalue weighted by Crippen LogP contribution is -2.20. The van der Waals surface area contributed by atoms with Crippen molar-refractivity contribution in [2.24, 2.45) is 0 Å². The van der Waals surface area contributed by atoms with Gasteiger partial charge >= 0.3 is 0 Å². The Bertz CT molecular complexity index is 913. The summed E-state index contributed by atoms with van der Waals surface area (Å²) in [5.74, 6) is 0.776. The van der Waals surface area contributed by atoms with Crippen molar-refractivity contribution < 1.29 is 13.9 Å². The number of carbonyl (C=O) groups excluding carboxylic acids is 1. The van der Waals surface area contributed by atoms with Crippen LogP contribution in [-0.4, -0.2) is 23.2 Å². The lowest BCUT2D eigenvalue weighted by atomic mass is 10.1. The van der Waals surface area contributed by atoms with Crippen molar-refractivity contribution in [3.05, 3.63) is 83.3 Å². The minimum Gasteiger partial charge on any atom is -0.489 e. The number of amides is 1. The van der Waals surface area contributed by atoms with E-state index in [1.807, 2.05) is 31.2 Å². The fraction of sp³-hybridized carbons (Fsp3) is 0.190. The summed E-state index contributed by atoms with van der Waals surface area (Å²) in [7, 11) is 1.55. The summed E-state index contributed by atoms with van der Waals surface area (Å²) in [4.78, 5) is 11.5. The molecule has 0 spiro atoms. The van der Waals surface area contributed by atoms with Gasteiger partial charge in [-0.05, 0) is 54.4 Å². The molecule has 1 unspecified atom stereocenters. The van der Waals surface area contributed by atoms with Gasteiger partial charge in [0.25, 0.3) is 5.91 Å². The van der Waals surface area contributed by atoms with Crippen molar-refractivity contribution in [2.75, 3.05) is 12.4 Å². The lowest BCUT2D eigenvalue weighted by molar-refractivity contribution is 0.0957. The number of ether oxygens (including phenoxy) is 1. The van der Waals surface area contributed by atoms with E-state index in [1.54, 1.807) is 31.3 Å². The second-order valence-electron chi connectivity index (χ2n) is 6.23. The minimum atomic E-state index is -0.275. The molecule has 0 saturated carbocycles. The highest BCUT2D eigenvalue weighted by molar-refractivity contribution is 5.91. The third-order valence-corrected chi connectivity index (χ3v) is 4.19. The highest BCUT2D eigenvalue weighted by atomic mass is 19.1. The Labute approximate surface area is 162 Å². The first kappa shape index (κ1) is 19.3. The number of aromatic nitrogens is 2. The molecule has 0 fully saturated rings. The minimum absolute atomic E-state index is 0.00806. The van der Waals surface area contributed by atoms with Crippen molar-refractivity contribution in [2.45, 2.75) is 19.6 Å².